The Hall–Kier alpha value is -3.80. The summed E-state index contributed by atoms with van der Waals surface area (Å²) in [5, 5.41) is 6.35. The maximum Gasteiger partial charge on any atom is 0.328 e. The minimum atomic E-state index is -1.26. The molecule has 0 fully saturated rings. The van der Waals surface area contributed by atoms with Crippen molar-refractivity contribution < 1.29 is 23.1 Å². The van der Waals surface area contributed by atoms with E-state index in [1.807, 2.05) is 48.5 Å². The van der Waals surface area contributed by atoms with Gasteiger partial charge in [-0.05, 0) is 45.3 Å². The first-order valence-electron chi connectivity index (χ1n) is 9.71. The van der Waals surface area contributed by atoms with Crippen LogP contribution in [0.2, 0.25) is 0 Å². The van der Waals surface area contributed by atoms with Gasteiger partial charge in [0.05, 0.1) is 12.7 Å². The molecule has 0 aliphatic rings. The van der Waals surface area contributed by atoms with E-state index >= 15 is 0 Å². The number of ether oxygens (including phenoxy) is 1. The van der Waals surface area contributed by atoms with E-state index in [9.17, 15) is 18.4 Å². The quantitative estimate of drug-likeness (QED) is 0.374. The van der Waals surface area contributed by atoms with Crippen molar-refractivity contribution in [1.29, 1.82) is 0 Å². The number of hydrogen-bond donors (Lipinski definition) is 1. The number of nitrogens with one attached hydrogen (secondary N) is 1. The van der Waals surface area contributed by atoms with Crippen LogP contribution in [0.3, 0.4) is 0 Å². The zero-order valence-electron chi connectivity index (χ0n) is 16.7. The average Bonchev–Trinajstić information content (AvgIpc) is 2.79. The van der Waals surface area contributed by atoms with E-state index in [0.717, 1.165) is 39.2 Å². The van der Waals surface area contributed by atoms with Gasteiger partial charge in [-0.2, -0.15) is 0 Å². The topological polar surface area (TPSA) is 55.4 Å². The van der Waals surface area contributed by atoms with Crippen LogP contribution in [0.4, 0.5) is 8.78 Å². The van der Waals surface area contributed by atoms with Crippen LogP contribution in [0, 0.1) is 11.6 Å². The molecule has 4 aromatic carbocycles. The summed E-state index contributed by atoms with van der Waals surface area (Å²) < 4.78 is 32.5. The Morgan fingerprint density at radius 3 is 2.13 bits per heavy atom. The Bertz CT molecular complexity index is 1250. The summed E-state index contributed by atoms with van der Waals surface area (Å²) in [6.07, 6.45) is 0.122. The molecule has 31 heavy (non-hydrogen) atoms. The van der Waals surface area contributed by atoms with Gasteiger partial charge in [0.1, 0.15) is 6.04 Å². The van der Waals surface area contributed by atoms with Gasteiger partial charge in [0.15, 0.2) is 11.6 Å². The smallest absolute Gasteiger partial charge is 0.328 e. The zero-order chi connectivity index (χ0) is 22.0. The van der Waals surface area contributed by atoms with Gasteiger partial charge in [-0.25, -0.2) is 13.6 Å². The fourth-order valence-electron chi connectivity index (χ4n) is 3.78. The highest BCUT2D eigenvalue weighted by atomic mass is 19.2. The normalized spacial score (nSPS) is 12.0. The van der Waals surface area contributed by atoms with E-state index in [-0.39, 0.29) is 6.42 Å². The number of rotatable bonds is 5. The van der Waals surface area contributed by atoms with Crippen LogP contribution >= 0.6 is 0 Å². The van der Waals surface area contributed by atoms with E-state index in [1.54, 1.807) is 0 Å². The molecular formula is C25H19F2NO3. The fourth-order valence-corrected chi connectivity index (χ4v) is 3.78. The van der Waals surface area contributed by atoms with Crippen molar-refractivity contribution in [2.75, 3.05) is 7.11 Å². The number of hydrogen-bond acceptors (Lipinski definition) is 3. The molecule has 0 spiro atoms. The minimum absolute atomic E-state index is 0.122. The SMILES string of the molecule is COC(=O)[C@H](Cc1c2ccccc2cc2ccccc12)NC(=O)c1cccc(F)c1F. The molecule has 6 heteroatoms. The molecule has 0 aliphatic carbocycles. The molecule has 4 nitrogen and oxygen atoms in total. The fraction of sp³-hybridized carbons (Fsp3) is 0.120. The van der Waals surface area contributed by atoms with Crippen LogP contribution in [-0.4, -0.2) is 25.0 Å². The molecule has 1 amide bonds. The Morgan fingerprint density at radius 1 is 0.903 bits per heavy atom. The number of halogens is 2. The van der Waals surface area contributed by atoms with Crippen LogP contribution in [-0.2, 0) is 16.0 Å². The first-order chi connectivity index (χ1) is 15.0. The van der Waals surface area contributed by atoms with E-state index in [1.165, 1.54) is 13.2 Å². The molecule has 0 unspecified atom stereocenters. The van der Waals surface area contributed by atoms with E-state index in [4.69, 9.17) is 4.74 Å². The summed E-state index contributed by atoms with van der Waals surface area (Å²) >= 11 is 0. The van der Waals surface area contributed by atoms with Crippen molar-refractivity contribution in [3.05, 3.63) is 95.6 Å². The van der Waals surface area contributed by atoms with E-state index < -0.39 is 35.1 Å². The van der Waals surface area contributed by atoms with Gasteiger partial charge >= 0.3 is 5.97 Å². The van der Waals surface area contributed by atoms with Crippen molar-refractivity contribution >= 4 is 33.4 Å². The number of methoxy groups -OCH3 is 1. The first-order valence-corrected chi connectivity index (χ1v) is 9.71. The lowest BCUT2D eigenvalue weighted by Gasteiger charge is -2.19. The van der Waals surface area contributed by atoms with Gasteiger partial charge in [-0.15, -0.1) is 0 Å². The van der Waals surface area contributed by atoms with Crippen molar-refractivity contribution in [1.82, 2.24) is 5.32 Å². The van der Waals surface area contributed by atoms with Crippen molar-refractivity contribution in [3.63, 3.8) is 0 Å². The molecule has 4 rings (SSSR count). The van der Waals surface area contributed by atoms with E-state index in [2.05, 4.69) is 11.4 Å². The Labute approximate surface area is 177 Å². The van der Waals surface area contributed by atoms with E-state index in [0.29, 0.717) is 0 Å². The van der Waals surface area contributed by atoms with Crippen LogP contribution in [0.25, 0.3) is 21.5 Å². The Kier molecular flexibility index (Phi) is 5.62. The largest absolute Gasteiger partial charge is 0.467 e. The Balaban J connectivity index is 1.76. The number of carbonyl (C=O) groups is 2. The summed E-state index contributed by atoms with van der Waals surface area (Å²) in [5.41, 5.74) is 0.376. The molecule has 0 aromatic heterocycles. The average molecular weight is 419 g/mol. The van der Waals surface area contributed by atoms with Gasteiger partial charge in [-0.1, -0.05) is 54.6 Å². The van der Waals surface area contributed by atoms with Gasteiger partial charge in [-0.3, -0.25) is 4.79 Å². The minimum Gasteiger partial charge on any atom is -0.467 e. The summed E-state index contributed by atoms with van der Waals surface area (Å²) in [5.74, 6) is -3.97. The van der Waals surface area contributed by atoms with Crippen LogP contribution in [0.5, 0.6) is 0 Å². The lowest BCUT2D eigenvalue weighted by Crippen LogP contribution is -2.43. The predicted octanol–water partition coefficient (Wildman–Crippen LogP) is 4.79. The van der Waals surface area contributed by atoms with Gasteiger partial charge in [0, 0.05) is 6.42 Å². The molecule has 0 saturated carbocycles. The third kappa shape index (κ3) is 3.97. The molecule has 0 heterocycles. The second-order valence-electron chi connectivity index (χ2n) is 7.15. The van der Waals surface area contributed by atoms with Gasteiger partial charge < -0.3 is 10.1 Å². The lowest BCUT2D eigenvalue weighted by molar-refractivity contribution is -0.142. The maximum absolute atomic E-state index is 14.1. The van der Waals surface area contributed by atoms with Gasteiger partial charge in [0.2, 0.25) is 0 Å². The number of esters is 1. The van der Waals surface area contributed by atoms with Crippen molar-refractivity contribution in [3.8, 4) is 0 Å². The Morgan fingerprint density at radius 2 is 1.52 bits per heavy atom. The third-order valence-electron chi connectivity index (χ3n) is 5.28. The molecule has 1 N–H and O–H groups in total. The zero-order valence-corrected chi connectivity index (χ0v) is 16.7. The molecule has 0 bridgehead atoms. The molecular weight excluding hydrogens is 400 g/mol. The van der Waals surface area contributed by atoms with Crippen molar-refractivity contribution in [2.24, 2.45) is 0 Å². The highest BCUT2D eigenvalue weighted by Gasteiger charge is 2.26. The summed E-state index contributed by atoms with van der Waals surface area (Å²) in [6, 6.07) is 19.8. The predicted molar refractivity (Wildman–Crippen MR) is 115 cm³/mol. The second kappa shape index (κ2) is 8.52. The molecule has 0 saturated heterocycles. The molecule has 1 atom stereocenters. The van der Waals surface area contributed by atoms with Crippen LogP contribution in [0.1, 0.15) is 15.9 Å². The second-order valence-corrected chi connectivity index (χ2v) is 7.15. The first kappa shape index (κ1) is 20.5. The molecule has 0 radical (unpaired) electrons. The van der Waals surface area contributed by atoms with Crippen LogP contribution < -0.4 is 5.32 Å². The number of fused-ring (bicyclic) bond motifs is 2. The number of benzene rings is 4. The van der Waals surface area contributed by atoms with Crippen LogP contribution in [0.15, 0.2) is 72.8 Å². The molecule has 156 valence electrons. The number of amides is 1. The highest BCUT2D eigenvalue weighted by Crippen LogP contribution is 2.29. The molecule has 0 aliphatic heterocycles. The van der Waals surface area contributed by atoms with Gasteiger partial charge in [0.25, 0.3) is 5.91 Å². The van der Waals surface area contributed by atoms with Crippen molar-refractivity contribution in [2.45, 2.75) is 12.5 Å². The summed E-state index contributed by atoms with van der Waals surface area (Å²) in [4.78, 5) is 25.1. The maximum atomic E-state index is 14.1. The summed E-state index contributed by atoms with van der Waals surface area (Å²) in [7, 11) is 1.21. The summed E-state index contributed by atoms with van der Waals surface area (Å²) in [6.45, 7) is 0. The monoisotopic (exact) mass is 419 g/mol. The molecule has 4 aromatic rings. The third-order valence-corrected chi connectivity index (χ3v) is 5.28. The lowest BCUT2D eigenvalue weighted by atomic mass is 9.92. The standard InChI is InChI=1S/C25H19F2NO3/c1-31-25(30)22(28-24(29)19-11-6-12-21(26)23(19)27)14-20-17-9-4-2-7-15(17)13-16-8-3-5-10-18(16)20/h2-13,22H,14H2,1H3,(H,28,29)/t22-/m0/s1. The highest BCUT2D eigenvalue weighted by molar-refractivity contribution is 6.03. The number of carbonyl (C=O) groups excluding carboxylic acids is 2.